The molecule has 8 nitrogen and oxygen atoms in total. The predicted molar refractivity (Wildman–Crippen MR) is 77.8 cm³/mol. The Labute approximate surface area is 127 Å². The molecule has 0 saturated heterocycles. The summed E-state index contributed by atoms with van der Waals surface area (Å²) >= 11 is 0. The van der Waals surface area contributed by atoms with Crippen LogP contribution in [-0.2, 0) is 20.8 Å². The van der Waals surface area contributed by atoms with Gasteiger partial charge in [-0.3, -0.25) is 4.18 Å². The molecule has 0 bridgehead atoms. The molecule has 0 fully saturated rings. The van der Waals surface area contributed by atoms with Crippen LogP contribution in [-0.4, -0.2) is 29.5 Å². The number of hydrogen-bond donors (Lipinski definition) is 0. The summed E-state index contributed by atoms with van der Waals surface area (Å²) < 4.78 is 30.3. The number of hydrogen-bond acceptors (Lipinski definition) is 6. The second-order valence-corrected chi connectivity index (χ2v) is 6.28. The standard InChI is InChI=1S/C13H15N3O5S/c1-11-3-5-12(6-4-11)22(19,20)21-8-2-7-15-9-13(14-10-15)16(17)18/h3-6,9-10H,2,7-8H2,1H3. The Bertz CT molecular complexity index is 752. The smallest absolute Gasteiger partial charge is 0.358 e. The first kappa shape index (κ1) is 16.1. The monoisotopic (exact) mass is 325 g/mol. The summed E-state index contributed by atoms with van der Waals surface area (Å²) in [5.41, 5.74) is 0.959. The van der Waals surface area contributed by atoms with E-state index in [0.717, 1.165) is 5.56 Å². The van der Waals surface area contributed by atoms with Gasteiger partial charge in [0.2, 0.25) is 6.33 Å². The fraction of sp³-hybridized carbons (Fsp3) is 0.308. The summed E-state index contributed by atoms with van der Waals surface area (Å²) in [5.74, 6) is -0.242. The molecule has 2 aromatic rings. The van der Waals surface area contributed by atoms with Gasteiger partial charge in [0.05, 0.1) is 11.5 Å². The van der Waals surface area contributed by atoms with Crippen molar-refractivity contribution in [1.82, 2.24) is 9.55 Å². The normalized spacial score (nSPS) is 11.5. The average Bonchev–Trinajstić information content (AvgIpc) is 2.93. The lowest BCUT2D eigenvalue weighted by Gasteiger charge is -2.06. The molecule has 0 aliphatic carbocycles. The third-order valence-corrected chi connectivity index (χ3v) is 4.24. The minimum Gasteiger partial charge on any atom is -0.358 e. The maximum atomic E-state index is 11.9. The molecule has 2 rings (SSSR count). The van der Waals surface area contributed by atoms with Crippen LogP contribution in [0.3, 0.4) is 0 Å². The first-order valence-corrected chi connectivity index (χ1v) is 7.91. The number of benzene rings is 1. The number of aromatic nitrogens is 2. The van der Waals surface area contributed by atoms with E-state index < -0.39 is 15.0 Å². The predicted octanol–water partition coefficient (Wildman–Crippen LogP) is 1.90. The Balaban J connectivity index is 1.85. The van der Waals surface area contributed by atoms with Crippen molar-refractivity contribution in [2.24, 2.45) is 0 Å². The first-order chi connectivity index (χ1) is 10.4. The average molecular weight is 325 g/mol. The van der Waals surface area contributed by atoms with Crippen molar-refractivity contribution in [3.63, 3.8) is 0 Å². The van der Waals surface area contributed by atoms with Gasteiger partial charge in [-0.25, -0.2) is 0 Å². The van der Waals surface area contributed by atoms with Gasteiger partial charge in [-0.15, -0.1) is 0 Å². The van der Waals surface area contributed by atoms with Crippen molar-refractivity contribution in [1.29, 1.82) is 0 Å². The molecule has 0 aliphatic rings. The van der Waals surface area contributed by atoms with Crippen molar-refractivity contribution in [2.45, 2.75) is 24.8 Å². The largest absolute Gasteiger partial charge is 0.381 e. The summed E-state index contributed by atoms with van der Waals surface area (Å²) in [5, 5.41) is 10.5. The summed E-state index contributed by atoms with van der Waals surface area (Å²) in [6, 6.07) is 6.37. The Morgan fingerprint density at radius 1 is 1.32 bits per heavy atom. The lowest BCUT2D eigenvalue weighted by molar-refractivity contribution is -0.389. The number of rotatable bonds is 7. The van der Waals surface area contributed by atoms with E-state index >= 15 is 0 Å². The molecule has 0 N–H and O–H groups in total. The van der Waals surface area contributed by atoms with E-state index in [2.05, 4.69) is 4.98 Å². The highest BCUT2D eigenvalue weighted by atomic mass is 32.2. The molecule has 0 saturated carbocycles. The summed E-state index contributed by atoms with van der Waals surface area (Å²) in [6.07, 6.45) is 3.00. The van der Waals surface area contributed by atoms with Gasteiger partial charge in [-0.2, -0.15) is 8.42 Å². The fourth-order valence-electron chi connectivity index (χ4n) is 1.75. The van der Waals surface area contributed by atoms with Gasteiger partial charge in [-0.1, -0.05) is 17.7 Å². The van der Waals surface area contributed by atoms with Crippen LogP contribution in [0.2, 0.25) is 0 Å². The van der Waals surface area contributed by atoms with Gasteiger partial charge in [-0.05, 0) is 35.4 Å². The molecule has 0 spiro atoms. The molecule has 1 heterocycles. The van der Waals surface area contributed by atoms with Gasteiger partial charge >= 0.3 is 5.82 Å². The quantitative estimate of drug-likeness (QED) is 0.333. The second kappa shape index (κ2) is 6.67. The van der Waals surface area contributed by atoms with Crippen LogP contribution in [0.1, 0.15) is 12.0 Å². The molecule has 118 valence electrons. The molecular formula is C13H15N3O5S. The van der Waals surface area contributed by atoms with Crippen molar-refractivity contribution >= 4 is 15.9 Å². The molecule has 9 heteroatoms. The van der Waals surface area contributed by atoms with E-state index in [-0.39, 0.29) is 17.3 Å². The molecule has 22 heavy (non-hydrogen) atoms. The summed E-state index contributed by atoms with van der Waals surface area (Å²) in [4.78, 5) is 13.6. The minimum absolute atomic E-state index is 0.0117. The maximum Gasteiger partial charge on any atom is 0.381 e. The zero-order chi connectivity index (χ0) is 16.2. The molecule has 0 aliphatic heterocycles. The lowest BCUT2D eigenvalue weighted by Crippen LogP contribution is -2.09. The third kappa shape index (κ3) is 4.12. The van der Waals surface area contributed by atoms with Crippen molar-refractivity contribution in [2.75, 3.05) is 6.61 Å². The minimum atomic E-state index is -3.77. The third-order valence-electron chi connectivity index (χ3n) is 2.92. The van der Waals surface area contributed by atoms with Crippen LogP contribution >= 0.6 is 0 Å². The van der Waals surface area contributed by atoms with E-state index in [1.807, 2.05) is 6.92 Å². The molecule has 0 amide bonds. The molecular weight excluding hydrogens is 310 g/mol. The second-order valence-electron chi connectivity index (χ2n) is 4.67. The van der Waals surface area contributed by atoms with Gasteiger partial charge in [0.15, 0.2) is 0 Å². The van der Waals surface area contributed by atoms with Gasteiger partial charge in [0.25, 0.3) is 10.1 Å². The van der Waals surface area contributed by atoms with Crippen LogP contribution in [0.5, 0.6) is 0 Å². The van der Waals surface area contributed by atoms with Gasteiger partial charge < -0.3 is 14.7 Å². The van der Waals surface area contributed by atoms with Crippen molar-refractivity contribution in [3.8, 4) is 0 Å². The number of nitrogens with zero attached hydrogens (tertiary/aromatic N) is 3. The maximum absolute atomic E-state index is 11.9. The Hall–Kier alpha value is -2.26. The van der Waals surface area contributed by atoms with Gasteiger partial charge in [0, 0.05) is 6.54 Å². The molecule has 1 aromatic carbocycles. The number of aryl methyl sites for hydroxylation is 2. The van der Waals surface area contributed by atoms with Crippen molar-refractivity contribution in [3.05, 3.63) is 52.5 Å². The molecule has 0 radical (unpaired) electrons. The Kier molecular flexibility index (Phi) is 4.88. The lowest BCUT2D eigenvalue weighted by atomic mass is 10.2. The molecule has 0 unspecified atom stereocenters. The first-order valence-electron chi connectivity index (χ1n) is 6.51. The zero-order valence-corrected chi connectivity index (χ0v) is 12.7. The van der Waals surface area contributed by atoms with E-state index in [1.54, 1.807) is 12.1 Å². The van der Waals surface area contributed by atoms with Crippen molar-refractivity contribution < 1.29 is 17.5 Å². The Morgan fingerprint density at radius 2 is 2.00 bits per heavy atom. The highest BCUT2D eigenvalue weighted by Gasteiger charge is 2.15. The molecule has 1 aromatic heterocycles. The van der Waals surface area contributed by atoms with Crippen LogP contribution in [0.4, 0.5) is 5.82 Å². The number of nitro groups is 1. The van der Waals surface area contributed by atoms with Crippen LogP contribution in [0.25, 0.3) is 0 Å². The zero-order valence-electron chi connectivity index (χ0n) is 11.9. The topological polar surface area (TPSA) is 104 Å². The van der Waals surface area contributed by atoms with Crippen LogP contribution < -0.4 is 0 Å². The highest BCUT2D eigenvalue weighted by Crippen LogP contribution is 2.13. The SMILES string of the molecule is Cc1ccc(S(=O)(=O)OCCCn2cnc([N+](=O)[O-])c2)cc1. The highest BCUT2D eigenvalue weighted by molar-refractivity contribution is 7.86. The van der Waals surface area contributed by atoms with E-state index in [9.17, 15) is 18.5 Å². The number of imidazole rings is 1. The Morgan fingerprint density at radius 3 is 2.59 bits per heavy atom. The fourth-order valence-corrected chi connectivity index (χ4v) is 2.70. The van der Waals surface area contributed by atoms with E-state index in [0.29, 0.717) is 13.0 Å². The summed E-state index contributed by atoms with van der Waals surface area (Å²) in [7, 11) is -3.77. The summed E-state index contributed by atoms with van der Waals surface area (Å²) in [6.45, 7) is 2.23. The van der Waals surface area contributed by atoms with E-state index in [4.69, 9.17) is 4.18 Å². The van der Waals surface area contributed by atoms with Crippen LogP contribution in [0, 0.1) is 17.0 Å². The van der Waals surface area contributed by atoms with Crippen LogP contribution in [0.15, 0.2) is 41.7 Å². The molecule has 0 atom stereocenters. The van der Waals surface area contributed by atoms with E-state index in [1.165, 1.54) is 29.2 Å². The van der Waals surface area contributed by atoms with Gasteiger partial charge in [0.1, 0.15) is 6.20 Å².